The Labute approximate surface area is 133 Å². The number of likely N-dealkylation sites (N-methyl/N-ethyl adjacent to an activating group) is 2. The van der Waals surface area contributed by atoms with E-state index < -0.39 is 0 Å². The molecule has 1 unspecified atom stereocenters. The fraction of sp³-hybridized carbons (Fsp3) is 0.812. The highest BCUT2D eigenvalue weighted by Gasteiger charge is 2.31. The van der Waals surface area contributed by atoms with Gasteiger partial charge in [-0.3, -0.25) is 4.79 Å². The molecular formula is C16H29N5O. The molecule has 1 aromatic rings. The summed E-state index contributed by atoms with van der Waals surface area (Å²) in [6, 6.07) is -0.142. The van der Waals surface area contributed by atoms with E-state index >= 15 is 0 Å². The Morgan fingerprint density at radius 1 is 1.23 bits per heavy atom. The highest BCUT2D eigenvalue weighted by Crippen LogP contribution is 2.28. The zero-order valence-electron chi connectivity index (χ0n) is 14.5. The van der Waals surface area contributed by atoms with Gasteiger partial charge in [0.1, 0.15) is 17.7 Å². The number of carbonyl (C=O) groups is 1. The summed E-state index contributed by atoms with van der Waals surface area (Å²) in [6.45, 7) is 5.84. The van der Waals surface area contributed by atoms with E-state index in [1.54, 1.807) is 0 Å². The van der Waals surface area contributed by atoms with E-state index in [0.717, 1.165) is 50.4 Å². The zero-order valence-corrected chi connectivity index (χ0v) is 14.5. The van der Waals surface area contributed by atoms with Crippen molar-refractivity contribution >= 4 is 5.91 Å². The minimum atomic E-state index is -0.142. The monoisotopic (exact) mass is 307 g/mol. The minimum Gasteiger partial charge on any atom is -0.343 e. The maximum atomic E-state index is 12.9. The van der Waals surface area contributed by atoms with Gasteiger partial charge in [-0.05, 0) is 26.9 Å². The second-order valence-electron chi connectivity index (χ2n) is 6.82. The first-order valence-electron chi connectivity index (χ1n) is 8.25. The highest BCUT2D eigenvalue weighted by atomic mass is 16.2. The molecule has 124 valence electrons. The largest absolute Gasteiger partial charge is 0.343 e. The summed E-state index contributed by atoms with van der Waals surface area (Å²) < 4.78 is 2.12. The Hall–Kier alpha value is -1.43. The van der Waals surface area contributed by atoms with Crippen LogP contribution in [0, 0.1) is 0 Å². The maximum Gasteiger partial charge on any atom is 0.245 e. The van der Waals surface area contributed by atoms with Crippen molar-refractivity contribution in [2.75, 3.05) is 34.2 Å². The van der Waals surface area contributed by atoms with Crippen molar-refractivity contribution in [3.63, 3.8) is 0 Å². The second kappa shape index (κ2) is 7.22. The number of carbonyl (C=O) groups excluding carboxylic acids is 1. The van der Waals surface area contributed by atoms with E-state index in [2.05, 4.69) is 33.5 Å². The van der Waals surface area contributed by atoms with Crippen LogP contribution in [0.2, 0.25) is 0 Å². The van der Waals surface area contributed by atoms with Gasteiger partial charge in [-0.15, -0.1) is 10.2 Å². The Balaban J connectivity index is 2.23. The first kappa shape index (κ1) is 16.9. The predicted molar refractivity (Wildman–Crippen MR) is 86.9 cm³/mol. The molecule has 0 aliphatic carbocycles. The third kappa shape index (κ3) is 3.66. The number of aromatic nitrogens is 3. The van der Waals surface area contributed by atoms with Gasteiger partial charge in [-0.1, -0.05) is 20.3 Å². The topological polar surface area (TPSA) is 54.3 Å². The molecule has 1 atom stereocenters. The first-order chi connectivity index (χ1) is 10.4. The molecule has 0 spiro atoms. The molecule has 2 rings (SSSR count). The summed E-state index contributed by atoms with van der Waals surface area (Å²) in [7, 11) is 5.95. The lowest BCUT2D eigenvalue weighted by atomic mass is 10.1. The maximum absolute atomic E-state index is 12.9. The van der Waals surface area contributed by atoms with E-state index in [9.17, 15) is 4.79 Å². The fourth-order valence-corrected chi connectivity index (χ4v) is 2.94. The van der Waals surface area contributed by atoms with E-state index in [1.807, 2.05) is 26.0 Å². The molecule has 0 fully saturated rings. The second-order valence-corrected chi connectivity index (χ2v) is 6.82. The van der Waals surface area contributed by atoms with Crippen LogP contribution >= 0.6 is 0 Å². The van der Waals surface area contributed by atoms with Gasteiger partial charge in [0.05, 0.1) is 0 Å². The molecule has 0 saturated heterocycles. The van der Waals surface area contributed by atoms with Crippen LogP contribution in [0.25, 0.3) is 0 Å². The molecule has 1 aliphatic heterocycles. The van der Waals surface area contributed by atoms with Crippen LogP contribution in [0.4, 0.5) is 0 Å². The van der Waals surface area contributed by atoms with Gasteiger partial charge in [-0.2, -0.15) is 0 Å². The number of fused-ring (bicyclic) bond motifs is 1. The Bertz CT molecular complexity index is 509. The molecule has 0 radical (unpaired) electrons. The molecule has 1 aliphatic rings. The Kier molecular flexibility index (Phi) is 5.56. The number of hydrogen-bond donors (Lipinski definition) is 0. The quantitative estimate of drug-likeness (QED) is 0.830. The van der Waals surface area contributed by atoms with Crippen LogP contribution in [-0.4, -0.2) is 64.7 Å². The smallest absolute Gasteiger partial charge is 0.245 e. The average molecular weight is 307 g/mol. The molecule has 0 bridgehead atoms. The standard InChI is InChI=1S/C16H29N5O/c1-12(2)15-18-17-14-9-7-6-8-13(21(14)15)16(22)20(5)11-10-19(3)4/h12-13H,6-11H2,1-5H3. The highest BCUT2D eigenvalue weighted by molar-refractivity contribution is 5.80. The number of aryl methyl sites for hydroxylation is 1. The summed E-state index contributed by atoms with van der Waals surface area (Å²) in [5.74, 6) is 2.38. The Morgan fingerprint density at radius 3 is 2.59 bits per heavy atom. The third-order valence-electron chi connectivity index (χ3n) is 4.29. The molecule has 2 heterocycles. The van der Waals surface area contributed by atoms with Gasteiger partial charge in [-0.25, -0.2) is 0 Å². The van der Waals surface area contributed by atoms with Crippen LogP contribution in [0.1, 0.15) is 56.7 Å². The van der Waals surface area contributed by atoms with Crippen molar-refractivity contribution < 1.29 is 4.79 Å². The summed E-state index contributed by atoms with van der Waals surface area (Å²) in [5, 5.41) is 8.68. The van der Waals surface area contributed by atoms with Crippen LogP contribution in [0.3, 0.4) is 0 Å². The van der Waals surface area contributed by atoms with Crippen molar-refractivity contribution in [1.82, 2.24) is 24.6 Å². The van der Waals surface area contributed by atoms with E-state index in [4.69, 9.17) is 0 Å². The lowest BCUT2D eigenvalue weighted by Gasteiger charge is -2.27. The van der Waals surface area contributed by atoms with E-state index in [1.165, 1.54) is 0 Å². The van der Waals surface area contributed by atoms with E-state index in [0.29, 0.717) is 0 Å². The third-order valence-corrected chi connectivity index (χ3v) is 4.29. The summed E-state index contributed by atoms with van der Waals surface area (Å²) in [5.41, 5.74) is 0. The van der Waals surface area contributed by atoms with Crippen LogP contribution in [0.5, 0.6) is 0 Å². The van der Waals surface area contributed by atoms with Crippen molar-refractivity contribution in [3.05, 3.63) is 11.6 Å². The number of rotatable bonds is 5. The number of amides is 1. The van der Waals surface area contributed by atoms with Crippen LogP contribution in [0.15, 0.2) is 0 Å². The normalized spacial score (nSPS) is 18.4. The van der Waals surface area contributed by atoms with Crippen molar-refractivity contribution in [2.45, 2.75) is 51.5 Å². The lowest BCUT2D eigenvalue weighted by Crippen LogP contribution is -2.39. The molecule has 1 amide bonds. The summed E-state index contributed by atoms with van der Waals surface area (Å²) >= 11 is 0. The van der Waals surface area contributed by atoms with Crippen molar-refractivity contribution in [3.8, 4) is 0 Å². The van der Waals surface area contributed by atoms with Crippen LogP contribution < -0.4 is 0 Å². The molecule has 0 N–H and O–H groups in total. The van der Waals surface area contributed by atoms with Gasteiger partial charge < -0.3 is 14.4 Å². The first-order valence-corrected chi connectivity index (χ1v) is 8.25. The molecule has 22 heavy (non-hydrogen) atoms. The van der Waals surface area contributed by atoms with E-state index in [-0.39, 0.29) is 17.9 Å². The van der Waals surface area contributed by atoms with Crippen LogP contribution in [-0.2, 0) is 11.2 Å². The summed E-state index contributed by atoms with van der Waals surface area (Å²) in [4.78, 5) is 16.9. The molecule has 1 aromatic heterocycles. The molecule has 0 saturated carbocycles. The Morgan fingerprint density at radius 2 is 1.95 bits per heavy atom. The lowest BCUT2D eigenvalue weighted by molar-refractivity contribution is -0.133. The molecule has 6 nitrogen and oxygen atoms in total. The van der Waals surface area contributed by atoms with Gasteiger partial charge in [0.15, 0.2) is 0 Å². The fourth-order valence-electron chi connectivity index (χ4n) is 2.94. The number of nitrogens with zero attached hydrogens (tertiary/aromatic N) is 5. The molecule has 6 heteroatoms. The van der Waals surface area contributed by atoms with Crippen molar-refractivity contribution in [2.24, 2.45) is 0 Å². The van der Waals surface area contributed by atoms with Crippen molar-refractivity contribution in [1.29, 1.82) is 0 Å². The van der Waals surface area contributed by atoms with Gasteiger partial charge in [0, 0.05) is 32.5 Å². The molecule has 0 aromatic carbocycles. The minimum absolute atomic E-state index is 0.142. The predicted octanol–water partition coefficient (Wildman–Crippen LogP) is 1.69. The SMILES string of the molecule is CC(C)c1nnc2n1C(C(=O)N(C)CCN(C)C)CCCC2. The average Bonchev–Trinajstić information content (AvgIpc) is 2.77. The molecular weight excluding hydrogens is 278 g/mol. The van der Waals surface area contributed by atoms with Gasteiger partial charge in [0.2, 0.25) is 5.91 Å². The number of hydrogen-bond acceptors (Lipinski definition) is 4. The summed E-state index contributed by atoms with van der Waals surface area (Å²) in [6.07, 6.45) is 3.96. The van der Waals surface area contributed by atoms with Gasteiger partial charge in [0.25, 0.3) is 0 Å². The zero-order chi connectivity index (χ0) is 16.3. The van der Waals surface area contributed by atoms with Gasteiger partial charge >= 0.3 is 0 Å².